The standard InChI is InChI=1S/C14H9ClN2O2/c15-10-5-6-1-2-8(10)11-9(13(16)18)4-3-7(6)12(11)14(17)19/h1-5H,(H2,16,18)(H2,17,19). The number of benzene rings is 2. The van der Waals surface area contributed by atoms with Gasteiger partial charge in [-0.15, -0.1) is 0 Å². The van der Waals surface area contributed by atoms with Crippen LogP contribution in [0.5, 0.6) is 0 Å². The summed E-state index contributed by atoms with van der Waals surface area (Å²) in [5.74, 6) is -1.23. The molecule has 5 heteroatoms. The van der Waals surface area contributed by atoms with Crippen molar-refractivity contribution >= 4 is 23.4 Å². The highest BCUT2D eigenvalue weighted by Crippen LogP contribution is 2.43. The Balaban J connectivity index is 2.54. The number of carbonyl (C=O) groups excluding carboxylic acids is 2. The van der Waals surface area contributed by atoms with E-state index in [1.807, 2.05) is 6.07 Å². The fraction of sp³-hybridized carbons (Fsp3) is 0. The first-order valence-electron chi connectivity index (χ1n) is 5.57. The van der Waals surface area contributed by atoms with Gasteiger partial charge in [0, 0.05) is 21.7 Å². The van der Waals surface area contributed by atoms with E-state index >= 15 is 0 Å². The Morgan fingerprint density at radius 1 is 0.947 bits per heavy atom. The fourth-order valence-electron chi connectivity index (χ4n) is 2.47. The van der Waals surface area contributed by atoms with Crippen molar-refractivity contribution < 1.29 is 9.59 Å². The van der Waals surface area contributed by atoms with Gasteiger partial charge in [0.05, 0.1) is 5.56 Å². The third-order valence-corrected chi connectivity index (χ3v) is 3.58. The average molecular weight is 273 g/mol. The van der Waals surface area contributed by atoms with Gasteiger partial charge in [-0.25, -0.2) is 0 Å². The summed E-state index contributed by atoms with van der Waals surface area (Å²) in [5, 5.41) is 0.462. The summed E-state index contributed by atoms with van der Waals surface area (Å²) >= 11 is 6.18. The molecule has 0 aromatic heterocycles. The van der Waals surface area contributed by atoms with Crippen molar-refractivity contribution in [1.29, 1.82) is 0 Å². The van der Waals surface area contributed by atoms with Crippen molar-refractivity contribution in [2.45, 2.75) is 0 Å². The van der Waals surface area contributed by atoms with Gasteiger partial charge in [-0.05, 0) is 23.3 Å². The second-order valence-corrected chi connectivity index (χ2v) is 4.74. The summed E-state index contributed by atoms with van der Waals surface area (Å²) in [7, 11) is 0. The summed E-state index contributed by atoms with van der Waals surface area (Å²) in [4.78, 5) is 23.3. The molecule has 0 radical (unpaired) electrons. The van der Waals surface area contributed by atoms with Crippen LogP contribution in [0.2, 0.25) is 5.02 Å². The van der Waals surface area contributed by atoms with Crippen LogP contribution in [0.3, 0.4) is 0 Å². The normalized spacial score (nSPS) is 11.2. The summed E-state index contributed by atoms with van der Waals surface area (Å²) in [6.07, 6.45) is 0. The molecular weight excluding hydrogens is 264 g/mol. The Kier molecular flexibility index (Phi) is 2.37. The Morgan fingerprint density at radius 3 is 2.21 bits per heavy atom. The van der Waals surface area contributed by atoms with E-state index in [1.54, 1.807) is 24.3 Å². The fourth-order valence-corrected chi connectivity index (χ4v) is 2.74. The van der Waals surface area contributed by atoms with Gasteiger partial charge in [0.2, 0.25) is 11.8 Å². The molecule has 0 fully saturated rings. The number of hydrogen-bond donors (Lipinski definition) is 2. The minimum absolute atomic E-state index is 0.243. The molecule has 19 heavy (non-hydrogen) atoms. The number of hydrogen-bond acceptors (Lipinski definition) is 2. The van der Waals surface area contributed by atoms with E-state index in [2.05, 4.69) is 0 Å². The monoisotopic (exact) mass is 272 g/mol. The Hall–Kier alpha value is -2.33. The van der Waals surface area contributed by atoms with E-state index in [-0.39, 0.29) is 5.56 Å². The van der Waals surface area contributed by atoms with Crippen molar-refractivity contribution in [3.8, 4) is 22.3 Å². The van der Waals surface area contributed by atoms with Crippen LogP contribution in [0.1, 0.15) is 20.7 Å². The number of primary amides is 2. The van der Waals surface area contributed by atoms with E-state index < -0.39 is 11.8 Å². The molecule has 0 unspecified atom stereocenters. The maximum absolute atomic E-state index is 11.7. The SMILES string of the molecule is NC(=O)c1ccc2c(C(N)=O)c1-c1ccc-2cc1Cl. The molecule has 0 aliphatic heterocycles. The first-order chi connectivity index (χ1) is 9.00. The zero-order valence-corrected chi connectivity index (χ0v) is 10.5. The van der Waals surface area contributed by atoms with Crippen LogP contribution in [0.15, 0.2) is 30.3 Å². The first kappa shape index (κ1) is 11.7. The molecular formula is C14H9ClN2O2. The molecule has 4 nitrogen and oxygen atoms in total. The lowest BCUT2D eigenvalue weighted by Gasteiger charge is -2.12. The Morgan fingerprint density at radius 2 is 1.63 bits per heavy atom. The maximum Gasteiger partial charge on any atom is 0.249 e. The number of rotatable bonds is 2. The zero-order valence-electron chi connectivity index (χ0n) is 9.74. The highest BCUT2D eigenvalue weighted by atomic mass is 35.5. The van der Waals surface area contributed by atoms with E-state index in [0.717, 1.165) is 5.56 Å². The van der Waals surface area contributed by atoms with Crippen molar-refractivity contribution in [3.63, 3.8) is 0 Å². The topological polar surface area (TPSA) is 86.2 Å². The second kappa shape index (κ2) is 3.83. The second-order valence-electron chi connectivity index (χ2n) is 4.33. The molecule has 0 heterocycles. The largest absolute Gasteiger partial charge is 0.366 e. The van der Waals surface area contributed by atoms with E-state index in [1.165, 1.54) is 0 Å². The van der Waals surface area contributed by atoms with Crippen molar-refractivity contribution in [2.75, 3.05) is 0 Å². The van der Waals surface area contributed by atoms with Crippen LogP contribution in [0.4, 0.5) is 0 Å². The minimum atomic E-state index is -0.621. The molecule has 2 amide bonds. The molecule has 2 aliphatic carbocycles. The Bertz CT molecular complexity index is 753. The molecule has 2 aromatic carbocycles. The highest BCUT2D eigenvalue weighted by molar-refractivity contribution is 6.35. The van der Waals surface area contributed by atoms with Crippen molar-refractivity contribution in [1.82, 2.24) is 0 Å². The Labute approximate surface area is 114 Å². The van der Waals surface area contributed by atoms with Gasteiger partial charge in [-0.1, -0.05) is 29.8 Å². The molecule has 0 saturated heterocycles. The third kappa shape index (κ3) is 1.54. The van der Waals surface area contributed by atoms with Crippen LogP contribution in [0, 0.1) is 0 Å². The molecule has 0 atom stereocenters. The third-order valence-electron chi connectivity index (χ3n) is 3.27. The molecule has 4 rings (SSSR count). The lowest BCUT2D eigenvalue weighted by molar-refractivity contribution is 0.0999. The molecule has 0 spiro atoms. The summed E-state index contributed by atoms with van der Waals surface area (Å²) in [6.45, 7) is 0. The van der Waals surface area contributed by atoms with Gasteiger partial charge >= 0.3 is 0 Å². The lowest BCUT2D eigenvalue weighted by Crippen LogP contribution is -2.18. The smallest absolute Gasteiger partial charge is 0.249 e. The lowest BCUT2D eigenvalue weighted by atomic mass is 9.92. The molecule has 94 valence electrons. The van der Waals surface area contributed by atoms with Gasteiger partial charge in [0.1, 0.15) is 0 Å². The zero-order chi connectivity index (χ0) is 13.7. The van der Waals surface area contributed by atoms with Crippen LogP contribution in [0.25, 0.3) is 22.3 Å². The minimum Gasteiger partial charge on any atom is -0.366 e. The van der Waals surface area contributed by atoms with Crippen LogP contribution < -0.4 is 11.5 Å². The summed E-state index contributed by atoms with van der Waals surface area (Å²) < 4.78 is 0. The maximum atomic E-state index is 11.7. The molecule has 2 aliphatic rings. The van der Waals surface area contributed by atoms with Gasteiger partial charge < -0.3 is 11.5 Å². The number of halogens is 1. The van der Waals surface area contributed by atoms with Crippen LogP contribution >= 0.6 is 11.6 Å². The molecule has 4 N–H and O–H groups in total. The number of amides is 2. The van der Waals surface area contributed by atoms with Crippen molar-refractivity contribution in [3.05, 3.63) is 46.5 Å². The quantitative estimate of drug-likeness (QED) is 0.749. The van der Waals surface area contributed by atoms with Crippen LogP contribution in [-0.2, 0) is 0 Å². The van der Waals surface area contributed by atoms with Crippen molar-refractivity contribution in [2.24, 2.45) is 11.5 Å². The average Bonchev–Trinajstić information content (AvgIpc) is 2.50. The van der Waals surface area contributed by atoms with Crippen LogP contribution in [-0.4, -0.2) is 11.8 Å². The van der Waals surface area contributed by atoms with Gasteiger partial charge in [0.15, 0.2) is 0 Å². The molecule has 4 bridgehead atoms. The summed E-state index contributed by atoms with van der Waals surface area (Å²) in [6, 6.07) is 8.60. The van der Waals surface area contributed by atoms with E-state index in [9.17, 15) is 9.59 Å². The predicted molar refractivity (Wildman–Crippen MR) is 72.9 cm³/mol. The van der Waals surface area contributed by atoms with Gasteiger partial charge in [0.25, 0.3) is 0 Å². The summed E-state index contributed by atoms with van der Waals surface area (Å²) in [5.41, 5.74) is 13.8. The van der Waals surface area contributed by atoms with Gasteiger partial charge in [-0.2, -0.15) is 0 Å². The first-order valence-corrected chi connectivity index (χ1v) is 5.95. The number of carbonyl (C=O) groups is 2. The number of nitrogens with two attached hydrogens (primary N) is 2. The predicted octanol–water partition coefficient (Wildman–Crippen LogP) is 2.19. The van der Waals surface area contributed by atoms with Gasteiger partial charge in [-0.3, -0.25) is 9.59 Å². The molecule has 0 saturated carbocycles. The molecule has 2 aromatic rings. The number of fused-ring (bicyclic) bond motifs is 2. The van der Waals surface area contributed by atoms with E-state index in [4.69, 9.17) is 23.1 Å². The van der Waals surface area contributed by atoms with E-state index in [0.29, 0.717) is 27.3 Å². The highest BCUT2D eigenvalue weighted by Gasteiger charge is 2.26.